The maximum Gasteiger partial charge on any atom is 0.336 e. The predicted molar refractivity (Wildman–Crippen MR) is 74.2 cm³/mol. The van der Waals surface area contributed by atoms with Crippen LogP contribution in [0.25, 0.3) is 0 Å². The van der Waals surface area contributed by atoms with E-state index in [0.29, 0.717) is 12.0 Å². The van der Waals surface area contributed by atoms with Gasteiger partial charge in [0.05, 0.1) is 5.56 Å². The Balaban J connectivity index is 2.47. The molecule has 0 spiro atoms. The van der Waals surface area contributed by atoms with Crippen LogP contribution in [0.1, 0.15) is 42.4 Å². The zero-order chi connectivity index (χ0) is 15.8. The average Bonchev–Trinajstić information content (AvgIpc) is 2.75. The van der Waals surface area contributed by atoms with Crippen LogP contribution in [0.15, 0.2) is 17.3 Å². The summed E-state index contributed by atoms with van der Waals surface area (Å²) in [5.41, 5.74) is -0.620. The van der Waals surface area contributed by atoms with Crippen LogP contribution in [-0.2, 0) is 11.2 Å². The van der Waals surface area contributed by atoms with Crippen LogP contribution < -0.4 is 5.32 Å². The summed E-state index contributed by atoms with van der Waals surface area (Å²) in [5.74, 6) is -1.55. The minimum Gasteiger partial charge on any atom is -0.478 e. The summed E-state index contributed by atoms with van der Waals surface area (Å²) in [6.45, 7) is 4.46. The number of alkyl halides is 1. The van der Waals surface area contributed by atoms with Crippen molar-refractivity contribution in [2.75, 3.05) is 0 Å². The lowest BCUT2D eigenvalue weighted by atomic mass is 9.98. The summed E-state index contributed by atoms with van der Waals surface area (Å²) in [6, 6.07) is 1.34. The van der Waals surface area contributed by atoms with Crippen molar-refractivity contribution in [1.29, 1.82) is 0 Å². The molecule has 7 heteroatoms. The second-order valence-electron chi connectivity index (χ2n) is 5.06. The topological polar surface area (TPSA) is 91.7 Å². The molecule has 0 aromatic carbocycles. The molecule has 1 aliphatic heterocycles. The molecule has 2 rings (SSSR count). The third-order valence-electron chi connectivity index (χ3n) is 3.65. The van der Waals surface area contributed by atoms with E-state index in [9.17, 15) is 19.1 Å². The van der Waals surface area contributed by atoms with Crippen LogP contribution in [0, 0.1) is 0 Å². The molecule has 1 amide bonds. The SMILES string of the molecule is CCc1cnc(C2=NC(C)(C(C)F)C(=O)N2)cc1C(=O)O. The molecule has 1 aromatic heterocycles. The third kappa shape index (κ3) is 2.51. The Bertz CT molecular complexity index is 642. The number of aromatic nitrogens is 1. The molecule has 0 bridgehead atoms. The van der Waals surface area contributed by atoms with Gasteiger partial charge in [-0.3, -0.25) is 9.78 Å². The zero-order valence-corrected chi connectivity index (χ0v) is 12.0. The van der Waals surface area contributed by atoms with Gasteiger partial charge >= 0.3 is 5.97 Å². The maximum absolute atomic E-state index is 13.6. The van der Waals surface area contributed by atoms with E-state index >= 15 is 0 Å². The van der Waals surface area contributed by atoms with E-state index in [1.165, 1.54) is 26.1 Å². The number of carbonyl (C=O) groups excluding carboxylic acids is 1. The molecule has 0 aliphatic carbocycles. The van der Waals surface area contributed by atoms with Crippen molar-refractivity contribution in [3.63, 3.8) is 0 Å². The van der Waals surface area contributed by atoms with E-state index in [2.05, 4.69) is 15.3 Å². The first-order valence-electron chi connectivity index (χ1n) is 6.57. The number of carbonyl (C=O) groups is 2. The van der Waals surface area contributed by atoms with Crippen LogP contribution in [0.2, 0.25) is 0 Å². The number of amidine groups is 1. The molecular weight excluding hydrogens is 277 g/mol. The number of aromatic carboxylic acids is 1. The Kier molecular flexibility index (Phi) is 3.76. The van der Waals surface area contributed by atoms with Crippen LogP contribution >= 0.6 is 0 Å². The Hall–Kier alpha value is -2.31. The van der Waals surface area contributed by atoms with Crippen molar-refractivity contribution < 1.29 is 19.1 Å². The summed E-state index contributed by atoms with van der Waals surface area (Å²) in [7, 11) is 0. The van der Waals surface area contributed by atoms with Crippen molar-refractivity contribution in [2.45, 2.75) is 38.9 Å². The number of halogens is 1. The van der Waals surface area contributed by atoms with Gasteiger partial charge in [-0.15, -0.1) is 0 Å². The Morgan fingerprint density at radius 2 is 2.24 bits per heavy atom. The number of aryl methyl sites for hydroxylation is 1. The summed E-state index contributed by atoms with van der Waals surface area (Å²) >= 11 is 0. The maximum atomic E-state index is 13.6. The molecule has 1 aliphatic rings. The molecule has 6 nitrogen and oxygen atoms in total. The Morgan fingerprint density at radius 1 is 1.57 bits per heavy atom. The molecule has 2 heterocycles. The normalized spacial score (nSPS) is 22.7. The van der Waals surface area contributed by atoms with E-state index in [1.54, 1.807) is 0 Å². The minimum absolute atomic E-state index is 0.0946. The predicted octanol–water partition coefficient (Wildman–Crippen LogP) is 1.34. The molecule has 0 radical (unpaired) electrons. The van der Waals surface area contributed by atoms with E-state index in [4.69, 9.17) is 0 Å². The molecule has 0 saturated heterocycles. The lowest BCUT2D eigenvalue weighted by molar-refractivity contribution is -0.125. The largest absolute Gasteiger partial charge is 0.478 e. The van der Waals surface area contributed by atoms with Gasteiger partial charge in [-0.25, -0.2) is 14.2 Å². The van der Waals surface area contributed by atoms with E-state index in [1.807, 2.05) is 6.92 Å². The number of amides is 1. The monoisotopic (exact) mass is 293 g/mol. The fourth-order valence-electron chi connectivity index (χ4n) is 2.03. The third-order valence-corrected chi connectivity index (χ3v) is 3.65. The zero-order valence-electron chi connectivity index (χ0n) is 12.0. The average molecular weight is 293 g/mol. The highest BCUT2D eigenvalue weighted by molar-refractivity contribution is 6.15. The van der Waals surface area contributed by atoms with Crippen molar-refractivity contribution >= 4 is 17.7 Å². The number of pyridine rings is 1. The molecule has 0 saturated carbocycles. The summed E-state index contributed by atoms with van der Waals surface area (Å²) < 4.78 is 13.6. The minimum atomic E-state index is -1.51. The van der Waals surface area contributed by atoms with Gasteiger partial charge in [-0.1, -0.05) is 6.92 Å². The standard InChI is InChI=1S/C14H16FN3O3/c1-4-8-6-16-10(5-9(8)12(19)20)11-17-13(21)14(3,18-11)7(2)15/h5-7H,4H2,1-3H3,(H,19,20)(H,17,18,21). The van der Waals surface area contributed by atoms with E-state index < -0.39 is 23.6 Å². The van der Waals surface area contributed by atoms with Crippen LogP contribution in [0.3, 0.4) is 0 Å². The number of rotatable bonds is 4. The highest BCUT2D eigenvalue weighted by Crippen LogP contribution is 2.24. The second kappa shape index (κ2) is 5.23. The van der Waals surface area contributed by atoms with Gasteiger partial charge in [-0.05, 0) is 31.9 Å². The van der Waals surface area contributed by atoms with Gasteiger partial charge in [0.15, 0.2) is 11.4 Å². The van der Waals surface area contributed by atoms with E-state index in [0.717, 1.165) is 0 Å². The molecule has 2 unspecified atom stereocenters. The number of hydrogen-bond donors (Lipinski definition) is 2. The molecule has 1 aromatic rings. The van der Waals surface area contributed by atoms with Crippen LogP contribution in [0.4, 0.5) is 4.39 Å². The fraction of sp³-hybridized carbons (Fsp3) is 0.429. The number of carboxylic acids is 1. The molecular formula is C14H16FN3O3. The second-order valence-corrected chi connectivity index (χ2v) is 5.06. The Labute approximate surface area is 121 Å². The summed E-state index contributed by atoms with van der Waals surface area (Å²) in [4.78, 5) is 31.2. The van der Waals surface area contributed by atoms with Gasteiger partial charge in [-0.2, -0.15) is 0 Å². The first-order valence-corrected chi connectivity index (χ1v) is 6.57. The molecule has 21 heavy (non-hydrogen) atoms. The lowest BCUT2D eigenvalue weighted by Crippen LogP contribution is -2.43. The van der Waals surface area contributed by atoms with E-state index in [-0.39, 0.29) is 17.1 Å². The first-order chi connectivity index (χ1) is 9.79. The molecule has 112 valence electrons. The fourth-order valence-corrected chi connectivity index (χ4v) is 2.03. The van der Waals surface area contributed by atoms with Gasteiger partial charge < -0.3 is 10.4 Å². The molecule has 2 N–H and O–H groups in total. The van der Waals surface area contributed by atoms with Crippen molar-refractivity contribution in [1.82, 2.24) is 10.3 Å². The van der Waals surface area contributed by atoms with Crippen molar-refractivity contribution in [2.24, 2.45) is 4.99 Å². The number of aliphatic imine (C=N–C) groups is 1. The summed E-state index contributed by atoms with van der Waals surface area (Å²) in [5, 5.41) is 11.7. The van der Waals surface area contributed by atoms with Crippen LogP contribution in [-0.4, -0.2) is 39.5 Å². The van der Waals surface area contributed by atoms with Crippen LogP contribution in [0.5, 0.6) is 0 Å². The van der Waals surface area contributed by atoms with Gasteiger partial charge in [0, 0.05) is 6.20 Å². The number of nitrogens with one attached hydrogen (secondary N) is 1. The van der Waals surface area contributed by atoms with Gasteiger partial charge in [0.1, 0.15) is 11.9 Å². The smallest absolute Gasteiger partial charge is 0.336 e. The quantitative estimate of drug-likeness (QED) is 0.876. The van der Waals surface area contributed by atoms with Crippen molar-refractivity contribution in [3.05, 3.63) is 29.1 Å². The Morgan fingerprint density at radius 3 is 2.71 bits per heavy atom. The number of carboxylic acid groups (broad SMARTS) is 1. The number of hydrogen-bond acceptors (Lipinski definition) is 4. The highest BCUT2D eigenvalue weighted by atomic mass is 19.1. The van der Waals surface area contributed by atoms with Crippen molar-refractivity contribution in [3.8, 4) is 0 Å². The summed E-state index contributed by atoms with van der Waals surface area (Å²) in [6.07, 6.45) is 0.485. The number of nitrogens with zero attached hydrogens (tertiary/aromatic N) is 2. The first kappa shape index (κ1) is 15.1. The lowest BCUT2D eigenvalue weighted by Gasteiger charge is -2.18. The highest BCUT2D eigenvalue weighted by Gasteiger charge is 2.45. The van der Waals surface area contributed by atoms with Gasteiger partial charge in [0.25, 0.3) is 5.91 Å². The molecule has 2 atom stereocenters. The molecule has 0 fully saturated rings. The van der Waals surface area contributed by atoms with Gasteiger partial charge in [0.2, 0.25) is 0 Å².